The van der Waals surface area contributed by atoms with Gasteiger partial charge in [0.15, 0.2) is 0 Å². The molecular weight excluding hydrogens is 485 g/mol. The van der Waals surface area contributed by atoms with Gasteiger partial charge in [0, 0.05) is 11.1 Å². The fraction of sp³-hybridized carbons (Fsp3) is 0.174. The second-order valence-corrected chi connectivity index (χ2v) is 10.7. The van der Waals surface area contributed by atoms with Crippen molar-refractivity contribution < 1.29 is 8.42 Å². The number of sulfonamides is 1. The van der Waals surface area contributed by atoms with E-state index in [4.69, 9.17) is 23.2 Å². The van der Waals surface area contributed by atoms with E-state index in [1.165, 1.54) is 16.0 Å². The third-order valence-electron chi connectivity index (χ3n) is 4.91. The second kappa shape index (κ2) is 9.67. The SMILES string of the molecule is CCCCc1ccc(S(=O)(=O)Nc2cc(-c3cccs3)nn2-c2ccc(Cl)cc2Cl)cc1. The maximum atomic E-state index is 13.1. The van der Waals surface area contributed by atoms with Crippen molar-refractivity contribution in [3.63, 3.8) is 0 Å². The van der Waals surface area contributed by atoms with Gasteiger partial charge >= 0.3 is 0 Å². The van der Waals surface area contributed by atoms with Crippen LogP contribution in [-0.2, 0) is 16.4 Å². The molecule has 2 aromatic carbocycles. The van der Waals surface area contributed by atoms with Gasteiger partial charge in [-0.2, -0.15) is 5.10 Å². The van der Waals surface area contributed by atoms with Gasteiger partial charge in [0.05, 0.1) is 20.5 Å². The topological polar surface area (TPSA) is 64.0 Å². The van der Waals surface area contributed by atoms with Gasteiger partial charge in [-0.15, -0.1) is 11.3 Å². The molecular formula is C23H21Cl2N3O2S2. The van der Waals surface area contributed by atoms with E-state index in [1.807, 2.05) is 29.6 Å². The summed E-state index contributed by atoms with van der Waals surface area (Å²) < 4.78 is 30.4. The summed E-state index contributed by atoms with van der Waals surface area (Å²) in [5.41, 5.74) is 2.27. The Labute approximate surface area is 201 Å². The van der Waals surface area contributed by atoms with Crippen LogP contribution in [0.5, 0.6) is 0 Å². The minimum absolute atomic E-state index is 0.186. The Morgan fingerprint density at radius 2 is 1.84 bits per heavy atom. The molecule has 0 saturated carbocycles. The maximum absolute atomic E-state index is 13.1. The van der Waals surface area contributed by atoms with Gasteiger partial charge in [0.1, 0.15) is 11.5 Å². The molecule has 2 aromatic heterocycles. The molecule has 0 aliphatic heterocycles. The van der Waals surface area contributed by atoms with Gasteiger partial charge in [-0.25, -0.2) is 13.1 Å². The number of halogens is 2. The Bertz CT molecular complexity index is 1320. The van der Waals surface area contributed by atoms with Crippen molar-refractivity contribution in [2.45, 2.75) is 31.1 Å². The lowest BCUT2D eigenvalue weighted by Gasteiger charge is -2.12. The predicted molar refractivity (Wildman–Crippen MR) is 133 cm³/mol. The lowest BCUT2D eigenvalue weighted by Crippen LogP contribution is -2.16. The van der Waals surface area contributed by atoms with Crippen LogP contribution in [0.25, 0.3) is 16.3 Å². The zero-order valence-electron chi connectivity index (χ0n) is 17.3. The maximum Gasteiger partial charge on any atom is 0.263 e. The molecule has 0 spiro atoms. The fourth-order valence-electron chi connectivity index (χ4n) is 3.25. The summed E-state index contributed by atoms with van der Waals surface area (Å²) in [5, 5.41) is 7.39. The molecule has 0 bridgehead atoms. The molecule has 2 heterocycles. The van der Waals surface area contributed by atoms with E-state index in [0.29, 0.717) is 21.4 Å². The molecule has 0 amide bonds. The number of rotatable bonds is 8. The van der Waals surface area contributed by atoms with Crippen molar-refractivity contribution in [2.75, 3.05) is 4.72 Å². The number of anilines is 1. The largest absolute Gasteiger partial charge is 0.263 e. The molecule has 0 radical (unpaired) electrons. The van der Waals surface area contributed by atoms with E-state index in [0.717, 1.165) is 29.7 Å². The Kier molecular flexibility index (Phi) is 6.90. The fourth-order valence-corrected chi connectivity index (χ4v) is 5.45. The van der Waals surface area contributed by atoms with Crippen LogP contribution in [0.4, 0.5) is 5.82 Å². The molecule has 32 heavy (non-hydrogen) atoms. The third kappa shape index (κ3) is 5.02. The van der Waals surface area contributed by atoms with Crippen molar-refractivity contribution in [2.24, 2.45) is 0 Å². The van der Waals surface area contributed by atoms with Gasteiger partial charge in [0.25, 0.3) is 10.0 Å². The lowest BCUT2D eigenvalue weighted by molar-refractivity contribution is 0.600. The van der Waals surface area contributed by atoms with E-state index >= 15 is 0 Å². The van der Waals surface area contributed by atoms with E-state index in [1.54, 1.807) is 36.4 Å². The molecule has 9 heteroatoms. The molecule has 166 valence electrons. The third-order valence-corrected chi connectivity index (χ3v) is 7.71. The highest BCUT2D eigenvalue weighted by Crippen LogP contribution is 2.32. The van der Waals surface area contributed by atoms with Gasteiger partial charge in [-0.05, 0) is 60.2 Å². The normalized spacial score (nSPS) is 11.6. The van der Waals surface area contributed by atoms with Gasteiger partial charge in [0.2, 0.25) is 0 Å². The zero-order valence-corrected chi connectivity index (χ0v) is 20.4. The highest BCUT2D eigenvalue weighted by Gasteiger charge is 2.21. The Hall–Kier alpha value is -2.32. The Morgan fingerprint density at radius 1 is 1.06 bits per heavy atom. The van der Waals surface area contributed by atoms with Crippen molar-refractivity contribution in [1.82, 2.24) is 9.78 Å². The summed E-state index contributed by atoms with van der Waals surface area (Å²) in [7, 11) is -3.83. The van der Waals surface area contributed by atoms with Crippen LogP contribution in [0.15, 0.2) is 70.9 Å². The highest BCUT2D eigenvalue weighted by molar-refractivity contribution is 7.92. The first-order valence-electron chi connectivity index (χ1n) is 10.1. The molecule has 0 unspecified atom stereocenters. The number of nitrogens with one attached hydrogen (secondary N) is 1. The van der Waals surface area contributed by atoms with Crippen molar-refractivity contribution >= 4 is 50.4 Å². The summed E-state index contributed by atoms with van der Waals surface area (Å²) in [6.07, 6.45) is 3.08. The summed E-state index contributed by atoms with van der Waals surface area (Å²) in [6, 6.07) is 17.5. The van der Waals surface area contributed by atoms with Crippen LogP contribution in [0.1, 0.15) is 25.3 Å². The smallest absolute Gasteiger partial charge is 0.263 e. The quantitative estimate of drug-likeness (QED) is 0.279. The van der Waals surface area contributed by atoms with Crippen molar-refractivity contribution in [3.05, 3.63) is 81.7 Å². The minimum Gasteiger partial charge on any atom is -0.263 e. The molecule has 0 fully saturated rings. The number of aryl methyl sites for hydroxylation is 1. The van der Waals surface area contributed by atoms with E-state index < -0.39 is 10.0 Å². The predicted octanol–water partition coefficient (Wildman–Crippen LogP) is 7.05. The second-order valence-electron chi connectivity index (χ2n) is 7.25. The summed E-state index contributed by atoms with van der Waals surface area (Å²) in [4.78, 5) is 1.10. The average Bonchev–Trinajstić information content (AvgIpc) is 3.43. The molecule has 0 aliphatic rings. The van der Waals surface area contributed by atoms with Gasteiger partial charge in [-0.1, -0.05) is 54.7 Å². The van der Waals surface area contributed by atoms with Crippen molar-refractivity contribution in [3.8, 4) is 16.3 Å². The van der Waals surface area contributed by atoms with E-state index in [-0.39, 0.29) is 10.7 Å². The first-order valence-corrected chi connectivity index (χ1v) is 13.2. The summed E-state index contributed by atoms with van der Waals surface area (Å²) in [6.45, 7) is 2.13. The molecule has 0 aliphatic carbocycles. The van der Waals surface area contributed by atoms with E-state index in [2.05, 4.69) is 16.7 Å². The number of hydrogen-bond acceptors (Lipinski definition) is 4. The summed E-state index contributed by atoms with van der Waals surface area (Å²) >= 11 is 14.0. The Balaban J connectivity index is 1.72. The average molecular weight is 506 g/mol. The van der Waals surface area contributed by atoms with Crippen LogP contribution in [0.2, 0.25) is 10.0 Å². The van der Waals surface area contributed by atoms with Crippen LogP contribution in [-0.4, -0.2) is 18.2 Å². The number of benzene rings is 2. The monoisotopic (exact) mass is 505 g/mol. The van der Waals surface area contributed by atoms with Crippen LogP contribution >= 0.6 is 34.5 Å². The number of nitrogens with zero attached hydrogens (tertiary/aromatic N) is 2. The molecule has 4 rings (SSSR count). The minimum atomic E-state index is -3.83. The van der Waals surface area contributed by atoms with Crippen molar-refractivity contribution in [1.29, 1.82) is 0 Å². The number of thiophene rings is 1. The number of unbranched alkanes of at least 4 members (excludes halogenated alkanes) is 1. The lowest BCUT2D eigenvalue weighted by atomic mass is 10.1. The van der Waals surface area contributed by atoms with Gasteiger partial charge in [-0.3, -0.25) is 4.72 Å². The number of hydrogen-bond donors (Lipinski definition) is 1. The Morgan fingerprint density at radius 3 is 2.50 bits per heavy atom. The van der Waals surface area contributed by atoms with Crippen LogP contribution < -0.4 is 4.72 Å². The molecule has 5 nitrogen and oxygen atoms in total. The zero-order chi connectivity index (χ0) is 22.7. The van der Waals surface area contributed by atoms with E-state index in [9.17, 15) is 8.42 Å². The molecule has 0 saturated heterocycles. The van der Waals surface area contributed by atoms with Crippen LogP contribution in [0.3, 0.4) is 0 Å². The number of aromatic nitrogens is 2. The standard InChI is InChI=1S/C23H21Cl2N3O2S2/c1-2-3-5-16-7-10-18(11-8-16)32(29,30)27-23-15-20(22-6-4-13-31-22)26-28(23)21-12-9-17(24)14-19(21)25/h4,6-15,27H,2-3,5H2,1H3. The molecule has 4 aromatic rings. The summed E-state index contributed by atoms with van der Waals surface area (Å²) in [5.74, 6) is 0.285. The molecule has 0 atom stereocenters. The highest BCUT2D eigenvalue weighted by atomic mass is 35.5. The first kappa shape index (κ1) is 22.9. The first-order chi connectivity index (χ1) is 15.4. The molecule has 1 N–H and O–H groups in total. The van der Waals surface area contributed by atoms with Crippen LogP contribution in [0, 0.1) is 0 Å². The van der Waals surface area contributed by atoms with Gasteiger partial charge < -0.3 is 0 Å².